The van der Waals surface area contributed by atoms with Crippen LogP contribution in [0.1, 0.15) is 38.5 Å². The van der Waals surface area contributed by atoms with E-state index in [1.54, 1.807) is 0 Å². The zero-order chi connectivity index (χ0) is 10.3. The molecule has 2 fully saturated rings. The third kappa shape index (κ3) is 4.09. The van der Waals surface area contributed by atoms with Crippen LogP contribution >= 0.6 is 0 Å². The minimum Gasteiger partial charge on any atom is -0.376 e. The standard InChI is InChI=1S/C12H22O3/c1-3-7-14-11(5-1)9-13-10-12-6-2-4-8-15-12/h11-12H,1-10H2. The molecule has 0 N–H and O–H groups in total. The monoisotopic (exact) mass is 214 g/mol. The molecule has 0 amide bonds. The summed E-state index contributed by atoms with van der Waals surface area (Å²) >= 11 is 0. The summed E-state index contributed by atoms with van der Waals surface area (Å²) < 4.78 is 16.9. The van der Waals surface area contributed by atoms with Crippen LogP contribution in [0.15, 0.2) is 0 Å². The van der Waals surface area contributed by atoms with Gasteiger partial charge in [-0.3, -0.25) is 0 Å². The summed E-state index contributed by atoms with van der Waals surface area (Å²) in [4.78, 5) is 0. The Morgan fingerprint density at radius 1 is 0.800 bits per heavy atom. The molecule has 2 rings (SSSR count). The molecule has 0 aliphatic carbocycles. The number of ether oxygens (including phenoxy) is 3. The van der Waals surface area contributed by atoms with Crippen molar-refractivity contribution in [2.75, 3.05) is 26.4 Å². The second-order valence-electron chi connectivity index (χ2n) is 4.51. The number of rotatable bonds is 4. The van der Waals surface area contributed by atoms with Crippen LogP contribution in [0, 0.1) is 0 Å². The molecule has 2 atom stereocenters. The fourth-order valence-corrected chi connectivity index (χ4v) is 2.21. The maximum Gasteiger partial charge on any atom is 0.0808 e. The summed E-state index contributed by atoms with van der Waals surface area (Å²) in [5.74, 6) is 0. The first-order valence-corrected chi connectivity index (χ1v) is 6.26. The topological polar surface area (TPSA) is 27.7 Å². The van der Waals surface area contributed by atoms with Crippen LogP contribution < -0.4 is 0 Å². The second-order valence-corrected chi connectivity index (χ2v) is 4.51. The van der Waals surface area contributed by atoms with Crippen molar-refractivity contribution in [2.24, 2.45) is 0 Å². The van der Waals surface area contributed by atoms with Crippen molar-refractivity contribution in [3.63, 3.8) is 0 Å². The molecular weight excluding hydrogens is 192 g/mol. The molecule has 0 bridgehead atoms. The van der Waals surface area contributed by atoms with Gasteiger partial charge in [0.25, 0.3) is 0 Å². The fraction of sp³-hybridized carbons (Fsp3) is 1.00. The Balaban J connectivity index is 1.53. The van der Waals surface area contributed by atoms with Gasteiger partial charge in [-0.1, -0.05) is 0 Å². The Morgan fingerprint density at radius 2 is 1.33 bits per heavy atom. The molecule has 2 aliphatic rings. The van der Waals surface area contributed by atoms with Crippen LogP contribution in [-0.4, -0.2) is 38.6 Å². The molecule has 0 aromatic carbocycles. The quantitative estimate of drug-likeness (QED) is 0.717. The van der Waals surface area contributed by atoms with Gasteiger partial charge in [0.2, 0.25) is 0 Å². The van der Waals surface area contributed by atoms with E-state index in [-0.39, 0.29) is 0 Å². The third-order valence-corrected chi connectivity index (χ3v) is 3.16. The molecule has 0 radical (unpaired) electrons. The van der Waals surface area contributed by atoms with E-state index in [2.05, 4.69) is 0 Å². The van der Waals surface area contributed by atoms with E-state index < -0.39 is 0 Å². The molecule has 0 aromatic heterocycles. The Bertz CT molecular complexity index is 142. The van der Waals surface area contributed by atoms with E-state index in [0.717, 1.165) is 39.3 Å². The molecule has 0 spiro atoms. The van der Waals surface area contributed by atoms with E-state index in [1.807, 2.05) is 0 Å². The maximum absolute atomic E-state index is 5.66. The zero-order valence-electron chi connectivity index (χ0n) is 9.45. The van der Waals surface area contributed by atoms with Crippen LogP contribution in [0.3, 0.4) is 0 Å². The molecule has 2 saturated heterocycles. The maximum atomic E-state index is 5.66. The third-order valence-electron chi connectivity index (χ3n) is 3.16. The molecule has 15 heavy (non-hydrogen) atoms. The van der Waals surface area contributed by atoms with Crippen molar-refractivity contribution in [1.82, 2.24) is 0 Å². The highest BCUT2D eigenvalue weighted by molar-refractivity contribution is 4.65. The Labute approximate surface area is 92.1 Å². The highest BCUT2D eigenvalue weighted by atomic mass is 16.6. The van der Waals surface area contributed by atoms with Crippen molar-refractivity contribution in [1.29, 1.82) is 0 Å². The van der Waals surface area contributed by atoms with Crippen LogP contribution in [0.5, 0.6) is 0 Å². The van der Waals surface area contributed by atoms with Gasteiger partial charge < -0.3 is 14.2 Å². The van der Waals surface area contributed by atoms with Crippen LogP contribution in [-0.2, 0) is 14.2 Å². The first-order valence-electron chi connectivity index (χ1n) is 6.26. The lowest BCUT2D eigenvalue weighted by Gasteiger charge is -2.25. The second kappa shape index (κ2) is 6.46. The van der Waals surface area contributed by atoms with Crippen LogP contribution in [0.4, 0.5) is 0 Å². The average molecular weight is 214 g/mol. The summed E-state index contributed by atoms with van der Waals surface area (Å²) in [5, 5.41) is 0. The first-order chi connectivity index (χ1) is 7.45. The average Bonchev–Trinajstić information content (AvgIpc) is 2.32. The molecule has 2 aliphatic heterocycles. The molecule has 2 unspecified atom stereocenters. The van der Waals surface area contributed by atoms with Crippen LogP contribution in [0.25, 0.3) is 0 Å². The molecule has 3 heteroatoms. The lowest BCUT2D eigenvalue weighted by atomic mass is 10.1. The molecule has 0 aromatic rings. The van der Waals surface area contributed by atoms with E-state index in [1.165, 1.54) is 25.7 Å². The van der Waals surface area contributed by atoms with Crippen molar-refractivity contribution in [2.45, 2.75) is 50.7 Å². The van der Waals surface area contributed by atoms with E-state index in [0.29, 0.717) is 12.2 Å². The number of hydrogen-bond acceptors (Lipinski definition) is 3. The van der Waals surface area contributed by atoms with Crippen molar-refractivity contribution < 1.29 is 14.2 Å². The number of hydrogen-bond donors (Lipinski definition) is 0. The van der Waals surface area contributed by atoms with Crippen molar-refractivity contribution >= 4 is 0 Å². The summed E-state index contributed by atoms with van der Waals surface area (Å²) in [7, 11) is 0. The van der Waals surface area contributed by atoms with Gasteiger partial charge in [0.15, 0.2) is 0 Å². The Hall–Kier alpha value is -0.120. The van der Waals surface area contributed by atoms with E-state index in [4.69, 9.17) is 14.2 Å². The van der Waals surface area contributed by atoms with Gasteiger partial charge in [0.05, 0.1) is 25.4 Å². The van der Waals surface area contributed by atoms with Crippen molar-refractivity contribution in [3.05, 3.63) is 0 Å². The van der Waals surface area contributed by atoms with Gasteiger partial charge in [-0.2, -0.15) is 0 Å². The molecule has 0 saturated carbocycles. The molecule has 2 heterocycles. The van der Waals surface area contributed by atoms with Gasteiger partial charge in [0, 0.05) is 13.2 Å². The lowest BCUT2D eigenvalue weighted by molar-refractivity contribution is -0.0794. The smallest absolute Gasteiger partial charge is 0.0808 e. The zero-order valence-corrected chi connectivity index (χ0v) is 9.45. The first kappa shape index (κ1) is 11.4. The predicted octanol–water partition coefficient (Wildman–Crippen LogP) is 2.14. The molecular formula is C12H22O3. The molecule has 3 nitrogen and oxygen atoms in total. The minimum absolute atomic E-state index is 0.336. The summed E-state index contributed by atoms with van der Waals surface area (Å²) in [6.45, 7) is 3.32. The molecule has 88 valence electrons. The normalized spacial score (nSPS) is 32.8. The van der Waals surface area contributed by atoms with Gasteiger partial charge in [0.1, 0.15) is 0 Å². The van der Waals surface area contributed by atoms with Gasteiger partial charge >= 0.3 is 0 Å². The Morgan fingerprint density at radius 3 is 1.73 bits per heavy atom. The largest absolute Gasteiger partial charge is 0.376 e. The predicted molar refractivity (Wildman–Crippen MR) is 58.0 cm³/mol. The lowest BCUT2D eigenvalue weighted by Crippen LogP contribution is -2.29. The summed E-state index contributed by atoms with van der Waals surface area (Å²) in [6, 6.07) is 0. The van der Waals surface area contributed by atoms with E-state index in [9.17, 15) is 0 Å². The SMILES string of the molecule is C1CCC(COCC2CCCCO2)OC1. The van der Waals surface area contributed by atoms with Crippen molar-refractivity contribution in [3.8, 4) is 0 Å². The summed E-state index contributed by atoms with van der Waals surface area (Å²) in [5.41, 5.74) is 0. The van der Waals surface area contributed by atoms with E-state index >= 15 is 0 Å². The fourth-order valence-electron chi connectivity index (χ4n) is 2.21. The van der Waals surface area contributed by atoms with Gasteiger partial charge in [-0.25, -0.2) is 0 Å². The van der Waals surface area contributed by atoms with Gasteiger partial charge in [-0.05, 0) is 38.5 Å². The highest BCUT2D eigenvalue weighted by Gasteiger charge is 2.17. The highest BCUT2D eigenvalue weighted by Crippen LogP contribution is 2.15. The minimum atomic E-state index is 0.336. The van der Waals surface area contributed by atoms with Gasteiger partial charge in [-0.15, -0.1) is 0 Å². The van der Waals surface area contributed by atoms with Crippen LogP contribution in [0.2, 0.25) is 0 Å². The summed E-state index contributed by atoms with van der Waals surface area (Å²) in [6.07, 6.45) is 7.98. The Kier molecular flexibility index (Phi) is 4.90.